The Balaban J connectivity index is 1.06. The van der Waals surface area contributed by atoms with E-state index in [-0.39, 0.29) is 0 Å². The van der Waals surface area contributed by atoms with Crippen LogP contribution in [0.2, 0.25) is 0 Å². The summed E-state index contributed by atoms with van der Waals surface area (Å²) in [5, 5.41) is 9.15. The van der Waals surface area contributed by atoms with Gasteiger partial charge >= 0.3 is 0 Å². The largest absolute Gasteiger partial charge is 0.355 e. The standard InChI is InChI=1S/C41H35N/c1-2-10-33-29(8-1)9-7-14-36(33)38-13-5-6-15-40(38)42-32-18-16-30(17-19-32)34-20-21-39(37-12-4-3-11-35(34)37)41-25-27-22-28(26-41)24-31(41)23-27/h1-21,27-28,31,42H,22-26H2. The van der Waals surface area contributed by atoms with E-state index in [0.717, 1.165) is 29.1 Å². The molecule has 4 bridgehead atoms. The number of benzene rings is 6. The van der Waals surface area contributed by atoms with Gasteiger partial charge in [0.1, 0.15) is 0 Å². The zero-order valence-corrected chi connectivity index (χ0v) is 23.9. The van der Waals surface area contributed by atoms with Crippen molar-refractivity contribution in [3.8, 4) is 22.3 Å². The van der Waals surface area contributed by atoms with Crippen LogP contribution in [0.1, 0.15) is 37.7 Å². The summed E-state index contributed by atoms with van der Waals surface area (Å²) in [6, 6.07) is 47.0. The third kappa shape index (κ3) is 3.69. The van der Waals surface area contributed by atoms with Gasteiger partial charge in [0.05, 0.1) is 0 Å². The first kappa shape index (κ1) is 24.3. The van der Waals surface area contributed by atoms with Gasteiger partial charge in [0.15, 0.2) is 0 Å². The van der Waals surface area contributed by atoms with Crippen molar-refractivity contribution in [1.29, 1.82) is 0 Å². The molecule has 0 aliphatic heterocycles. The van der Waals surface area contributed by atoms with Gasteiger partial charge in [-0.05, 0) is 117 Å². The predicted molar refractivity (Wildman–Crippen MR) is 177 cm³/mol. The molecule has 4 fully saturated rings. The molecule has 2 atom stereocenters. The van der Waals surface area contributed by atoms with Crippen LogP contribution in [-0.2, 0) is 5.41 Å². The molecule has 10 rings (SSSR count). The zero-order valence-electron chi connectivity index (χ0n) is 23.9. The molecule has 0 radical (unpaired) electrons. The lowest BCUT2D eigenvalue weighted by atomic mass is 9.69. The highest BCUT2D eigenvalue weighted by Crippen LogP contribution is 2.66. The summed E-state index contributed by atoms with van der Waals surface area (Å²) in [4.78, 5) is 0. The Morgan fingerprint density at radius 2 is 1.17 bits per heavy atom. The van der Waals surface area contributed by atoms with Gasteiger partial charge in [0.25, 0.3) is 0 Å². The molecular weight excluding hydrogens is 506 g/mol. The Bertz CT molecular complexity index is 1950. The van der Waals surface area contributed by atoms with Gasteiger partial charge in [-0.15, -0.1) is 0 Å². The van der Waals surface area contributed by atoms with Crippen molar-refractivity contribution in [1.82, 2.24) is 0 Å². The number of hydrogen-bond donors (Lipinski definition) is 1. The van der Waals surface area contributed by atoms with Crippen LogP contribution < -0.4 is 5.32 Å². The average molecular weight is 542 g/mol. The highest BCUT2D eigenvalue weighted by molar-refractivity contribution is 6.01. The van der Waals surface area contributed by atoms with Crippen molar-refractivity contribution in [2.45, 2.75) is 37.5 Å². The summed E-state index contributed by atoms with van der Waals surface area (Å²) in [5.41, 5.74) is 9.38. The lowest BCUT2D eigenvalue weighted by molar-refractivity contribution is 0.267. The molecule has 42 heavy (non-hydrogen) atoms. The maximum absolute atomic E-state index is 3.73. The van der Waals surface area contributed by atoms with E-state index >= 15 is 0 Å². The minimum Gasteiger partial charge on any atom is -0.355 e. The van der Waals surface area contributed by atoms with Crippen LogP contribution >= 0.6 is 0 Å². The molecular formula is C41H35N. The fourth-order valence-electron chi connectivity index (χ4n) is 9.40. The Labute approximate surface area is 248 Å². The van der Waals surface area contributed by atoms with Gasteiger partial charge in [-0.25, -0.2) is 0 Å². The second kappa shape index (κ2) is 9.33. The molecule has 1 heteroatoms. The lowest BCUT2D eigenvalue weighted by Crippen LogP contribution is -2.28. The van der Waals surface area contributed by atoms with Crippen LogP contribution in [0.4, 0.5) is 11.4 Å². The molecule has 4 aliphatic rings. The Hall–Kier alpha value is -4.36. The molecule has 0 amide bonds. The summed E-state index contributed by atoms with van der Waals surface area (Å²) in [5.74, 6) is 2.83. The second-order valence-electron chi connectivity index (χ2n) is 13.2. The Morgan fingerprint density at radius 1 is 0.500 bits per heavy atom. The zero-order chi connectivity index (χ0) is 27.7. The maximum Gasteiger partial charge on any atom is 0.0464 e. The van der Waals surface area contributed by atoms with Crippen molar-refractivity contribution >= 4 is 32.9 Å². The number of anilines is 2. The van der Waals surface area contributed by atoms with Crippen LogP contribution in [0.5, 0.6) is 0 Å². The van der Waals surface area contributed by atoms with Crippen LogP contribution in [0, 0.1) is 17.8 Å². The van der Waals surface area contributed by atoms with E-state index in [2.05, 4.69) is 133 Å². The summed E-state index contributed by atoms with van der Waals surface area (Å²) < 4.78 is 0. The first-order valence-electron chi connectivity index (χ1n) is 15.7. The number of fused-ring (bicyclic) bond motifs is 2. The minimum absolute atomic E-state index is 0.428. The Kier molecular flexibility index (Phi) is 5.39. The molecule has 0 aromatic heterocycles. The van der Waals surface area contributed by atoms with Crippen molar-refractivity contribution < 1.29 is 0 Å². The number of nitrogens with one attached hydrogen (secondary N) is 1. The van der Waals surface area contributed by atoms with Crippen molar-refractivity contribution in [3.63, 3.8) is 0 Å². The van der Waals surface area contributed by atoms with Gasteiger partial charge in [0.2, 0.25) is 0 Å². The average Bonchev–Trinajstić information content (AvgIpc) is 3.44. The van der Waals surface area contributed by atoms with Gasteiger partial charge in [-0.2, -0.15) is 0 Å². The topological polar surface area (TPSA) is 12.0 Å². The van der Waals surface area contributed by atoms with Crippen LogP contribution in [0.15, 0.2) is 127 Å². The van der Waals surface area contributed by atoms with Crippen molar-refractivity contribution in [2.24, 2.45) is 17.8 Å². The van der Waals surface area contributed by atoms with Crippen molar-refractivity contribution in [2.75, 3.05) is 5.32 Å². The highest BCUT2D eigenvalue weighted by atomic mass is 14.9. The second-order valence-corrected chi connectivity index (χ2v) is 13.2. The molecule has 0 spiro atoms. The highest BCUT2D eigenvalue weighted by Gasteiger charge is 2.58. The first-order valence-corrected chi connectivity index (χ1v) is 15.7. The normalized spacial score (nSPS) is 24.0. The van der Waals surface area contributed by atoms with Gasteiger partial charge in [-0.1, -0.05) is 109 Å². The number of rotatable bonds is 5. The SMILES string of the molecule is c1ccc(-c2cccc3ccccc23)c(Nc2ccc(-c3ccc(C45CC6CC(CC4C6)C5)c4ccccc34)cc2)c1. The summed E-state index contributed by atoms with van der Waals surface area (Å²) in [6.45, 7) is 0. The summed E-state index contributed by atoms with van der Waals surface area (Å²) >= 11 is 0. The molecule has 2 unspecified atom stereocenters. The fourth-order valence-corrected chi connectivity index (χ4v) is 9.40. The first-order chi connectivity index (χ1) is 20.7. The van der Waals surface area contributed by atoms with Crippen LogP contribution in [0.25, 0.3) is 43.8 Å². The summed E-state index contributed by atoms with van der Waals surface area (Å²) in [7, 11) is 0. The molecule has 4 aliphatic carbocycles. The van der Waals surface area contributed by atoms with E-state index in [4.69, 9.17) is 0 Å². The minimum atomic E-state index is 0.428. The third-order valence-corrected chi connectivity index (χ3v) is 10.9. The molecule has 1 nitrogen and oxygen atoms in total. The van der Waals surface area contributed by atoms with E-state index in [1.165, 1.54) is 75.9 Å². The fraction of sp³-hybridized carbons (Fsp3) is 0.220. The third-order valence-electron chi connectivity index (χ3n) is 10.9. The van der Waals surface area contributed by atoms with Gasteiger partial charge < -0.3 is 5.32 Å². The van der Waals surface area contributed by atoms with E-state index in [0.29, 0.717) is 5.41 Å². The molecule has 0 saturated heterocycles. The maximum atomic E-state index is 3.73. The van der Waals surface area contributed by atoms with Gasteiger partial charge in [-0.3, -0.25) is 0 Å². The number of hydrogen-bond acceptors (Lipinski definition) is 1. The van der Waals surface area contributed by atoms with Crippen LogP contribution in [-0.4, -0.2) is 0 Å². The van der Waals surface area contributed by atoms with E-state index < -0.39 is 0 Å². The molecule has 0 heterocycles. The summed E-state index contributed by atoms with van der Waals surface area (Å²) in [6.07, 6.45) is 7.24. The molecule has 4 saturated carbocycles. The van der Waals surface area contributed by atoms with Crippen molar-refractivity contribution in [3.05, 3.63) is 133 Å². The van der Waals surface area contributed by atoms with Crippen LogP contribution in [0.3, 0.4) is 0 Å². The molecule has 6 aromatic carbocycles. The molecule has 1 N–H and O–H groups in total. The number of para-hydroxylation sites is 1. The smallest absolute Gasteiger partial charge is 0.0464 e. The molecule has 6 aromatic rings. The van der Waals surface area contributed by atoms with E-state index in [1.54, 1.807) is 5.56 Å². The Morgan fingerprint density at radius 3 is 2.00 bits per heavy atom. The molecule has 204 valence electrons. The lowest BCUT2D eigenvalue weighted by Gasteiger charge is -2.35. The van der Waals surface area contributed by atoms with E-state index in [9.17, 15) is 0 Å². The van der Waals surface area contributed by atoms with E-state index in [1.807, 2.05) is 0 Å². The quantitative estimate of drug-likeness (QED) is 0.229. The monoisotopic (exact) mass is 541 g/mol. The van der Waals surface area contributed by atoms with Gasteiger partial charge in [0, 0.05) is 16.9 Å². The predicted octanol–water partition coefficient (Wildman–Crippen LogP) is 11.1.